The molecule has 0 aliphatic carbocycles. The molecule has 74 valence electrons. The zero-order valence-electron chi connectivity index (χ0n) is 9.68. The Morgan fingerprint density at radius 2 is 1.62 bits per heavy atom. The van der Waals surface area contributed by atoms with Crippen LogP contribution in [0, 0.1) is 6.92 Å². The van der Waals surface area contributed by atoms with Crippen molar-refractivity contribution in [1.82, 2.24) is 4.57 Å². The summed E-state index contributed by atoms with van der Waals surface area (Å²) in [6.07, 6.45) is 2.27. The van der Waals surface area contributed by atoms with Crippen LogP contribution in [-0.2, 0) is 7.05 Å². The Morgan fingerprint density at radius 1 is 1.08 bits per heavy atom. The topological polar surface area (TPSA) is 4.93 Å². The molecular weight excluding hydrogens is 158 g/mol. The summed E-state index contributed by atoms with van der Waals surface area (Å²) >= 11 is 0. The highest BCUT2D eigenvalue weighted by molar-refractivity contribution is 5.36. The third-order valence-corrected chi connectivity index (χ3v) is 2.76. The highest BCUT2D eigenvalue weighted by Gasteiger charge is 2.15. The van der Waals surface area contributed by atoms with Gasteiger partial charge in [-0.25, -0.2) is 0 Å². The minimum absolute atomic E-state index is 0.636. The largest absolute Gasteiger partial charge is 0.354 e. The van der Waals surface area contributed by atoms with Gasteiger partial charge in [-0.05, 0) is 29.9 Å². The van der Waals surface area contributed by atoms with Crippen molar-refractivity contribution in [1.29, 1.82) is 0 Å². The van der Waals surface area contributed by atoms with E-state index in [1.54, 1.807) is 0 Å². The van der Waals surface area contributed by atoms with Crippen molar-refractivity contribution < 1.29 is 0 Å². The molecule has 0 N–H and O–H groups in total. The van der Waals surface area contributed by atoms with E-state index in [0.29, 0.717) is 11.8 Å². The second-order valence-corrected chi connectivity index (χ2v) is 4.50. The summed E-state index contributed by atoms with van der Waals surface area (Å²) in [5, 5.41) is 0. The van der Waals surface area contributed by atoms with Crippen LogP contribution >= 0.6 is 0 Å². The minimum atomic E-state index is 0.636. The first kappa shape index (κ1) is 10.4. The van der Waals surface area contributed by atoms with Crippen molar-refractivity contribution in [2.45, 2.75) is 46.5 Å². The normalized spacial score (nSPS) is 11.7. The molecule has 13 heavy (non-hydrogen) atoms. The lowest BCUT2D eigenvalue weighted by atomic mass is 9.93. The van der Waals surface area contributed by atoms with Crippen LogP contribution in [0.3, 0.4) is 0 Å². The third kappa shape index (κ3) is 1.79. The molecule has 0 saturated carbocycles. The molecule has 0 amide bonds. The van der Waals surface area contributed by atoms with Gasteiger partial charge in [0.1, 0.15) is 0 Å². The monoisotopic (exact) mass is 179 g/mol. The van der Waals surface area contributed by atoms with E-state index in [9.17, 15) is 0 Å². The maximum Gasteiger partial charge on any atom is 0.0178 e. The lowest BCUT2D eigenvalue weighted by Crippen LogP contribution is -1.96. The zero-order valence-corrected chi connectivity index (χ0v) is 9.68. The fourth-order valence-electron chi connectivity index (χ4n) is 1.99. The van der Waals surface area contributed by atoms with Crippen molar-refractivity contribution in [3.8, 4) is 0 Å². The van der Waals surface area contributed by atoms with Crippen LogP contribution in [0.1, 0.15) is 56.4 Å². The Bertz CT molecular complexity index is 292. The second kappa shape index (κ2) is 3.57. The van der Waals surface area contributed by atoms with Gasteiger partial charge in [-0.1, -0.05) is 27.7 Å². The van der Waals surface area contributed by atoms with Gasteiger partial charge in [0.2, 0.25) is 0 Å². The van der Waals surface area contributed by atoms with Crippen LogP contribution in [-0.4, -0.2) is 4.57 Å². The van der Waals surface area contributed by atoms with E-state index in [2.05, 4.69) is 52.4 Å². The number of aromatic nitrogens is 1. The molecular formula is C12H21N. The summed E-state index contributed by atoms with van der Waals surface area (Å²) in [5.74, 6) is 1.27. The summed E-state index contributed by atoms with van der Waals surface area (Å²) in [5.41, 5.74) is 4.46. The van der Waals surface area contributed by atoms with Crippen LogP contribution in [0.15, 0.2) is 6.20 Å². The van der Waals surface area contributed by atoms with Gasteiger partial charge >= 0.3 is 0 Å². The Balaban J connectivity index is 3.27. The smallest absolute Gasteiger partial charge is 0.0178 e. The standard InChI is InChI=1S/C12H21N/c1-8(2)11-7-13(6)10(5)12(11)9(3)4/h7-9H,1-6H3. The molecule has 1 rings (SSSR count). The first-order chi connectivity index (χ1) is 5.95. The van der Waals surface area contributed by atoms with Crippen molar-refractivity contribution in [3.63, 3.8) is 0 Å². The van der Waals surface area contributed by atoms with Crippen molar-refractivity contribution >= 4 is 0 Å². The first-order valence-electron chi connectivity index (χ1n) is 5.10. The molecule has 0 radical (unpaired) electrons. The van der Waals surface area contributed by atoms with Crippen molar-refractivity contribution in [2.75, 3.05) is 0 Å². The molecule has 0 aromatic carbocycles. The quantitative estimate of drug-likeness (QED) is 0.654. The summed E-state index contributed by atoms with van der Waals surface area (Å²) in [4.78, 5) is 0. The number of hydrogen-bond acceptors (Lipinski definition) is 0. The molecule has 0 aliphatic rings. The molecule has 1 aromatic heterocycles. The average molecular weight is 179 g/mol. The predicted molar refractivity (Wildman–Crippen MR) is 58.3 cm³/mol. The van der Waals surface area contributed by atoms with E-state index in [4.69, 9.17) is 0 Å². The predicted octanol–water partition coefficient (Wildman–Crippen LogP) is 3.58. The van der Waals surface area contributed by atoms with E-state index in [-0.39, 0.29) is 0 Å². The molecule has 1 nitrogen and oxygen atoms in total. The molecule has 0 fully saturated rings. The van der Waals surface area contributed by atoms with Crippen molar-refractivity contribution in [3.05, 3.63) is 23.0 Å². The van der Waals surface area contributed by atoms with E-state index in [0.717, 1.165) is 0 Å². The molecule has 0 saturated heterocycles. The maximum atomic E-state index is 2.27. The average Bonchev–Trinajstić information content (AvgIpc) is 2.28. The number of hydrogen-bond donors (Lipinski definition) is 0. The second-order valence-electron chi connectivity index (χ2n) is 4.50. The minimum Gasteiger partial charge on any atom is -0.354 e. The Morgan fingerprint density at radius 3 is 1.92 bits per heavy atom. The van der Waals surface area contributed by atoms with E-state index in [1.807, 2.05) is 0 Å². The Labute approximate surface area is 81.8 Å². The molecule has 0 atom stereocenters. The van der Waals surface area contributed by atoms with Crippen LogP contribution in [0.4, 0.5) is 0 Å². The van der Waals surface area contributed by atoms with Gasteiger partial charge in [0.15, 0.2) is 0 Å². The van der Waals surface area contributed by atoms with Gasteiger partial charge < -0.3 is 4.57 Å². The van der Waals surface area contributed by atoms with Gasteiger partial charge in [0, 0.05) is 18.9 Å². The third-order valence-electron chi connectivity index (χ3n) is 2.76. The van der Waals surface area contributed by atoms with Gasteiger partial charge in [-0.2, -0.15) is 0 Å². The van der Waals surface area contributed by atoms with Crippen molar-refractivity contribution in [2.24, 2.45) is 7.05 Å². The molecule has 0 unspecified atom stereocenters. The summed E-state index contributed by atoms with van der Waals surface area (Å²) < 4.78 is 2.24. The summed E-state index contributed by atoms with van der Waals surface area (Å²) in [6.45, 7) is 11.3. The van der Waals surface area contributed by atoms with Gasteiger partial charge in [0.25, 0.3) is 0 Å². The van der Waals surface area contributed by atoms with Crippen LogP contribution in [0.2, 0.25) is 0 Å². The SMILES string of the molecule is Cc1c(C(C)C)c(C(C)C)cn1C. The Hall–Kier alpha value is -0.720. The molecule has 1 aromatic rings. The lowest BCUT2D eigenvalue weighted by Gasteiger charge is -2.11. The van der Waals surface area contributed by atoms with E-state index >= 15 is 0 Å². The lowest BCUT2D eigenvalue weighted by molar-refractivity contribution is 0.790. The number of rotatable bonds is 2. The number of aryl methyl sites for hydroxylation is 1. The van der Waals surface area contributed by atoms with E-state index in [1.165, 1.54) is 16.8 Å². The van der Waals surface area contributed by atoms with Gasteiger partial charge in [-0.15, -0.1) is 0 Å². The molecule has 0 aliphatic heterocycles. The highest BCUT2D eigenvalue weighted by atomic mass is 14.9. The Kier molecular flexibility index (Phi) is 2.84. The van der Waals surface area contributed by atoms with Crippen LogP contribution in [0.5, 0.6) is 0 Å². The maximum absolute atomic E-state index is 2.27. The first-order valence-corrected chi connectivity index (χ1v) is 5.10. The van der Waals surface area contributed by atoms with Crippen LogP contribution in [0.25, 0.3) is 0 Å². The fraction of sp³-hybridized carbons (Fsp3) is 0.667. The zero-order chi connectivity index (χ0) is 10.2. The molecule has 1 heteroatoms. The number of nitrogens with zero attached hydrogens (tertiary/aromatic N) is 1. The summed E-state index contributed by atoms with van der Waals surface area (Å²) in [6, 6.07) is 0. The molecule has 1 heterocycles. The molecule has 0 bridgehead atoms. The molecule has 0 spiro atoms. The van der Waals surface area contributed by atoms with Gasteiger partial charge in [-0.3, -0.25) is 0 Å². The van der Waals surface area contributed by atoms with E-state index < -0.39 is 0 Å². The highest BCUT2D eigenvalue weighted by Crippen LogP contribution is 2.29. The van der Waals surface area contributed by atoms with Crippen LogP contribution < -0.4 is 0 Å². The summed E-state index contributed by atoms with van der Waals surface area (Å²) in [7, 11) is 2.13. The fourth-order valence-corrected chi connectivity index (χ4v) is 1.99. The van der Waals surface area contributed by atoms with Gasteiger partial charge in [0.05, 0.1) is 0 Å².